The quantitative estimate of drug-likeness (QED) is 0.938. The van der Waals surface area contributed by atoms with Crippen LogP contribution in [-0.4, -0.2) is 23.5 Å². The number of piperidine rings is 1. The molecule has 114 valence electrons. The molecule has 2 aromatic rings. The van der Waals surface area contributed by atoms with Gasteiger partial charge in [0.05, 0.1) is 11.9 Å². The molecule has 0 radical (unpaired) electrons. The molecule has 1 aliphatic rings. The third-order valence-corrected chi connectivity index (χ3v) is 4.14. The minimum atomic E-state index is -0.157. The topological polar surface area (TPSA) is 45.2 Å². The third kappa shape index (κ3) is 3.39. The number of nitrogens with zero attached hydrogens (tertiary/aromatic N) is 2. The molecule has 0 spiro atoms. The van der Waals surface area contributed by atoms with E-state index in [-0.39, 0.29) is 11.9 Å². The molecule has 2 heterocycles. The largest absolute Gasteiger partial charge is 0.360 e. The highest BCUT2D eigenvalue weighted by Gasteiger charge is 2.28. The van der Waals surface area contributed by atoms with Crippen molar-refractivity contribution in [3.05, 3.63) is 53.8 Å². The van der Waals surface area contributed by atoms with Gasteiger partial charge >= 0.3 is 0 Å². The van der Waals surface area contributed by atoms with E-state index < -0.39 is 0 Å². The summed E-state index contributed by atoms with van der Waals surface area (Å²) in [6, 6.07) is 11.2. The van der Waals surface area contributed by atoms with Crippen molar-refractivity contribution in [3.8, 4) is 0 Å². The summed E-state index contributed by atoms with van der Waals surface area (Å²) in [5.41, 5.74) is 1.77. The zero-order valence-corrected chi connectivity index (χ0v) is 13.0. The second-order valence-electron chi connectivity index (χ2n) is 5.41. The SMILES string of the molecule is O=C(Nc1cccnc1)C1CCCCN1c1ccc(Cl)cc1. The van der Waals surface area contributed by atoms with Gasteiger partial charge in [0, 0.05) is 23.5 Å². The Balaban J connectivity index is 1.77. The smallest absolute Gasteiger partial charge is 0.247 e. The number of halogens is 1. The molecular formula is C17H18ClN3O. The zero-order valence-electron chi connectivity index (χ0n) is 12.2. The molecule has 0 aliphatic carbocycles. The predicted octanol–water partition coefficient (Wildman–Crippen LogP) is 3.73. The number of carbonyl (C=O) groups is 1. The lowest BCUT2D eigenvalue weighted by Gasteiger charge is -2.36. The number of rotatable bonds is 3. The van der Waals surface area contributed by atoms with Crippen LogP contribution < -0.4 is 10.2 Å². The summed E-state index contributed by atoms with van der Waals surface area (Å²) in [5, 5.41) is 3.66. The van der Waals surface area contributed by atoms with E-state index >= 15 is 0 Å². The molecule has 1 unspecified atom stereocenters. The van der Waals surface area contributed by atoms with Crippen LogP contribution in [0.4, 0.5) is 11.4 Å². The summed E-state index contributed by atoms with van der Waals surface area (Å²) in [7, 11) is 0. The minimum Gasteiger partial charge on any atom is -0.360 e. The number of carbonyl (C=O) groups excluding carboxylic acids is 1. The van der Waals surface area contributed by atoms with E-state index in [1.165, 1.54) is 0 Å². The molecule has 1 amide bonds. The number of hydrogen-bond donors (Lipinski definition) is 1. The Kier molecular flexibility index (Phi) is 4.59. The van der Waals surface area contributed by atoms with E-state index in [1.54, 1.807) is 12.4 Å². The van der Waals surface area contributed by atoms with Gasteiger partial charge in [0.2, 0.25) is 5.91 Å². The maximum atomic E-state index is 12.6. The van der Waals surface area contributed by atoms with E-state index in [1.807, 2.05) is 36.4 Å². The lowest BCUT2D eigenvalue weighted by atomic mass is 10.0. The minimum absolute atomic E-state index is 0.0163. The zero-order chi connectivity index (χ0) is 15.4. The second kappa shape index (κ2) is 6.79. The van der Waals surface area contributed by atoms with Crippen LogP contribution in [0.2, 0.25) is 5.02 Å². The number of aromatic nitrogens is 1. The van der Waals surface area contributed by atoms with E-state index in [4.69, 9.17) is 11.6 Å². The van der Waals surface area contributed by atoms with Crippen molar-refractivity contribution in [2.75, 3.05) is 16.8 Å². The van der Waals surface area contributed by atoms with Crippen molar-refractivity contribution in [3.63, 3.8) is 0 Å². The fraction of sp³-hybridized carbons (Fsp3) is 0.294. The van der Waals surface area contributed by atoms with Crippen molar-refractivity contribution in [2.24, 2.45) is 0 Å². The van der Waals surface area contributed by atoms with Crippen molar-refractivity contribution < 1.29 is 4.79 Å². The monoisotopic (exact) mass is 315 g/mol. The van der Waals surface area contributed by atoms with Gasteiger partial charge in [-0.3, -0.25) is 9.78 Å². The number of amides is 1. The summed E-state index contributed by atoms with van der Waals surface area (Å²) < 4.78 is 0. The first kappa shape index (κ1) is 14.9. The predicted molar refractivity (Wildman–Crippen MR) is 89.3 cm³/mol. The van der Waals surface area contributed by atoms with Gasteiger partial charge in [-0.1, -0.05) is 11.6 Å². The van der Waals surface area contributed by atoms with Crippen molar-refractivity contribution in [1.82, 2.24) is 4.98 Å². The summed E-state index contributed by atoms with van der Waals surface area (Å²) in [4.78, 5) is 18.8. The summed E-state index contributed by atoms with van der Waals surface area (Å²) in [5.74, 6) is 0.0163. The second-order valence-corrected chi connectivity index (χ2v) is 5.85. The first-order chi connectivity index (χ1) is 10.7. The van der Waals surface area contributed by atoms with Crippen LogP contribution >= 0.6 is 11.6 Å². The molecule has 4 nitrogen and oxygen atoms in total. The van der Waals surface area contributed by atoms with Crippen LogP contribution in [0.15, 0.2) is 48.8 Å². The molecule has 1 atom stereocenters. The van der Waals surface area contributed by atoms with Crippen LogP contribution in [0, 0.1) is 0 Å². The van der Waals surface area contributed by atoms with Gasteiger partial charge in [0.15, 0.2) is 0 Å². The molecule has 0 bridgehead atoms. The van der Waals surface area contributed by atoms with Crippen molar-refractivity contribution in [2.45, 2.75) is 25.3 Å². The Morgan fingerprint density at radius 3 is 2.77 bits per heavy atom. The molecule has 1 aliphatic heterocycles. The van der Waals surface area contributed by atoms with Crippen LogP contribution in [0.1, 0.15) is 19.3 Å². The summed E-state index contributed by atoms with van der Waals surface area (Å²) >= 11 is 5.95. The fourth-order valence-electron chi connectivity index (χ4n) is 2.81. The molecule has 0 saturated carbocycles. The van der Waals surface area contributed by atoms with E-state index in [9.17, 15) is 4.79 Å². The van der Waals surface area contributed by atoms with Crippen LogP contribution in [0.5, 0.6) is 0 Å². The van der Waals surface area contributed by atoms with Crippen LogP contribution in [0.25, 0.3) is 0 Å². The van der Waals surface area contributed by atoms with E-state index in [2.05, 4.69) is 15.2 Å². The van der Waals surface area contributed by atoms with Gasteiger partial charge < -0.3 is 10.2 Å². The molecule has 1 aromatic heterocycles. The molecule has 3 rings (SSSR count). The summed E-state index contributed by atoms with van der Waals surface area (Å²) in [6.07, 6.45) is 6.37. The Labute approximate surface area is 135 Å². The summed E-state index contributed by atoms with van der Waals surface area (Å²) in [6.45, 7) is 0.882. The van der Waals surface area contributed by atoms with Gasteiger partial charge in [-0.2, -0.15) is 0 Å². The van der Waals surface area contributed by atoms with Crippen molar-refractivity contribution in [1.29, 1.82) is 0 Å². The van der Waals surface area contributed by atoms with Gasteiger partial charge in [-0.15, -0.1) is 0 Å². The highest BCUT2D eigenvalue weighted by molar-refractivity contribution is 6.30. The third-order valence-electron chi connectivity index (χ3n) is 3.89. The average Bonchev–Trinajstić information content (AvgIpc) is 2.56. The molecule has 5 heteroatoms. The maximum absolute atomic E-state index is 12.6. The van der Waals surface area contributed by atoms with Crippen LogP contribution in [0.3, 0.4) is 0 Å². The van der Waals surface area contributed by atoms with Gasteiger partial charge in [-0.05, 0) is 55.7 Å². The van der Waals surface area contributed by atoms with Gasteiger partial charge in [0.25, 0.3) is 0 Å². The lowest BCUT2D eigenvalue weighted by Crippen LogP contribution is -2.47. The molecule has 1 fully saturated rings. The van der Waals surface area contributed by atoms with Crippen molar-refractivity contribution >= 4 is 28.9 Å². The number of pyridine rings is 1. The molecular weight excluding hydrogens is 298 g/mol. The number of nitrogens with one attached hydrogen (secondary N) is 1. The molecule has 22 heavy (non-hydrogen) atoms. The standard InChI is InChI=1S/C17H18ClN3O/c18-13-6-8-15(9-7-13)21-11-2-1-5-16(21)17(22)20-14-4-3-10-19-12-14/h3-4,6-10,12,16H,1-2,5,11H2,(H,20,22). The normalized spacial score (nSPS) is 18.0. The van der Waals surface area contributed by atoms with E-state index in [0.717, 1.165) is 37.2 Å². The highest BCUT2D eigenvalue weighted by atomic mass is 35.5. The average molecular weight is 316 g/mol. The molecule has 1 aromatic carbocycles. The highest BCUT2D eigenvalue weighted by Crippen LogP contribution is 2.26. The fourth-order valence-corrected chi connectivity index (χ4v) is 2.93. The maximum Gasteiger partial charge on any atom is 0.247 e. The number of benzene rings is 1. The first-order valence-electron chi connectivity index (χ1n) is 7.47. The molecule has 1 N–H and O–H groups in total. The Morgan fingerprint density at radius 1 is 1.23 bits per heavy atom. The lowest BCUT2D eigenvalue weighted by molar-refractivity contribution is -0.117. The Bertz CT molecular complexity index is 630. The Hall–Kier alpha value is -2.07. The first-order valence-corrected chi connectivity index (χ1v) is 7.85. The van der Waals surface area contributed by atoms with Gasteiger partial charge in [0.1, 0.15) is 6.04 Å². The van der Waals surface area contributed by atoms with E-state index in [0.29, 0.717) is 5.02 Å². The van der Waals surface area contributed by atoms with Crippen LogP contribution in [-0.2, 0) is 4.79 Å². The van der Waals surface area contributed by atoms with Gasteiger partial charge in [-0.25, -0.2) is 0 Å². The Morgan fingerprint density at radius 2 is 2.05 bits per heavy atom. The number of anilines is 2. The number of hydrogen-bond acceptors (Lipinski definition) is 3. The molecule has 1 saturated heterocycles.